The maximum absolute atomic E-state index is 13.3. The van der Waals surface area contributed by atoms with Crippen LogP contribution in [0, 0.1) is 5.82 Å². The number of phenolic OH excluding ortho intramolecular Hbond substituents is 1. The van der Waals surface area contributed by atoms with Crippen LogP contribution in [0.4, 0.5) is 4.39 Å². The fourth-order valence-electron chi connectivity index (χ4n) is 2.83. The summed E-state index contributed by atoms with van der Waals surface area (Å²) in [5.74, 6) is -0.464. The first-order valence-electron chi connectivity index (χ1n) is 8.21. The van der Waals surface area contributed by atoms with Crippen LogP contribution < -0.4 is 5.32 Å². The summed E-state index contributed by atoms with van der Waals surface area (Å²) in [4.78, 5) is 16.4. The van der Waals surface area contributed by atoms with Crippen LogP contribution in [0.1, 0.15) is 36.9 Å². The van der Waals surface area contributed by atoms with Gasteiger partial charge >= 0.3 is 0 Å². The van der Waals surface area contributed by atoms with E-state index >= 15 is 0 Å². The Morgan fingerprint density at radius 2 is 1.96 bits per heavy atom. The van der Waals surface area contributed by atoms with Gasteiger partial charge < -0.3 is 10.4 Å². The van der Waals surface area contributed by atoms with E-state index in [9.17, 15) is 14.3 Å². The van der Waals surface area contributed by atoms with Crippen molar-refractivity contribution in [2.75, 3.05) is 0 Å². The number of aromatic nitrogens is 1. The minimum atomic E-state index is -0.578. The van der Waals surface area contributed by atoms with Crippen molar-refractivity contribution in [2.24, 2.45) is 0 Å². The first-order chi connectivity index (χ1) is 12.1. The molecule has 3 aromatic rings. The normalized spacial score (nSPS) is 12.1. The molecule has 0 aliphatic rings. The maximum atomic E-state index is 13.3. The van der Waals surface area contributed by atoms with Gasteiger partial charge in [-0.1, -0.05) is 37.3 Å². The van der Waals surface area contributed by atoms with E-state index < -0.39 is 6.04 Å². The number of hydrogen-bond donors (Lipinski definition) is 2. The van der Waals surface area contributed by atoms with Crippen molar-refractivity contribution in [2.45, 2.75) is 25.8 Å². The number of amides is 1. The summed E-state index contributed by atoms with van der Waals surface area (Å²) in [5, 5.41) is 14.4. The van der Waals surface area contributed by atoms with E-state index in [1.54, 1.807) is 30.5 Å². The first kappa shape index (κ1) is 16.9. The molecule has 0 fully saturated rings. The number of phenols is 1. The molecule has 0 spiro atoms. The van der Waals surface area contributed by atoms with E-state index in [1.165, 1.54) is 12.1 Å². The zero-order chi connectivity index (χ0) is 17.8. The Morgan fingerprint density at radius 1 is 1.20 bits per heavy atom. The van der Waals surface area contributed by atoms with E-state index in [2.05, 4.69) is 10.3 Å². The second kappa shape index (κ2) is 7.30. The van der Waals surface area contributed by atoms with Gasteiger partial charge in [0.15, 0.2) is 0 Å². The SMILES string of the molecule is CCCC(=O)NC(c1ccc(F)cc1)c1ccc2cccnc2c1O. The van der Waals surface area contributed by atoms with Crippen LogP contribution in [0.5, 0.6) is 5.75 Å². The minimum absolute atomic E-state index is 0.0178. The average molecular weight is 338 g/mol. The summed E-state index contributed by atoms with van der Waals surface area (Å²) >= 11 is 0. The molecule has 25 heavy (non-hydrogen) atoms. The molecule has 2 aromatic carbocycles. The van der Waals surface area contributed by atoms with Gasteiger partial charge in [0.1, 0.15) is 17.1 Å². The average Bonchev–Trinajstić information content (AvgIpc) is 2.62. The molecule has 0 saturated heterocycles. The lowest BCUT2D eigenvalue weighted by Gasteiger charge is -2.21. The van der Waals surface area contributed by atoms with Crippen molar-refractivity contribution in [1.82, 2.24) is 10.3 Å². The molecule has 1 aromatic heterocycles. The standard InChI is InChI=1S/C20H19FN2O2/c1-2-4-17(24)23-18(14-6-9-15(21)10-7-14)16-11-8-13-5-3-12-22-19(13)20(16)25/h3,5-12,18,25H,2,4H2,1H3,(H,23,24). The van der Waals surface area contributed by atoms with Crippen LogP contribution >= 0.6 is 0 Å². The van der Waals surface area contributed by atoms with Crippen LogP contribution in [0.2, 0.25) is 0 Å². The summed E-state index contributed by atoms with van der Waals surface area (Å²) < 4.78 is 13.3. The van der Waals surface area contributed by atoms with Gasteiger partial charge in [0.25, 0.3) is 0 Å². The number of halogens is 1. The number of pyridine rings is 1. The Bertz CT molecular complexity index is 894. The molecule has 0 radical (unpaired) electrons. The molecule has 1 unspecified atom stereocenters. The number of nitrogens with one attached hydrogen (secondary N) is 1. The van der Waals surface area contributed by atoms with Crippen LogP contribution in [-0.2, 0) is 4.79 Å². The summed E-state index contributed by atoms with van der Waals surface area (Å²) in [7, 11) is 0. The van der Waals surface area contributed by atoms with Gasteiger partial charge in [-0.15, -0.1) is 0 Å². The summed E-state index contributed by atoms with van der Waals surface area (Å²) in [6.07, 6.45) is 2.70. The largest absolute Gasteiger partial charge is 0.505 e. The highest BCUT2D eigenvalue weighted by molar-refractivity contribution is 5.86. The summed E-state index contributed by atoms with van der Waals surface area (Å²) in [6, 6.07) is 12.6. The molecule has 1 atom stereocenters. The summed E-state index contributed by atoms with van der Waals surface area (Å²) in [5.41, 5.74) is 1.69. The van der Waals surface area contributed by atoms with Gasteiger partial charge in [0.2, 0.25) is 5.91 Å². The number of benzene rings is 2. The van der Waals surface area contributed by atoms with Gasteiger partial charge in [-0.3, -0.25) is 9.78 Å². The molecule has 0 aliphatic carbocycles. The monoisotopic (exact) mass is 338 g/mol. The Labute approximate surface area is 145 Å². The van der Waals surface area contributed by atoms with Crippen LogP contribution in [0.15, 0.2) is 54.7 Å². The quantitative estimate of drug-likeness (QED) is 0.737. The number of carbonyl (C=O) groups is 1. The van der Waals surface area contributed by atoms with Crippen LogP contribution in [-0.4, -0.2) is 16.0 Å². The van der Waals surface area contributed by atoms with Gasteiger partial charge in [-0.05, 0) is 30.2 Å². The predicted octanol–water partition coefficient (Wildman–Crippen LogP) is 4.09. The topological polar surface area (TPSA) is 62.2 Å². The molecule has 128 valence electrons. The highest BCUT2D eigenvalue weighted by Crippen LogP contribution is 2.34. The van der Waals surface area contributed by atoms with Crippen molar-refractivity contribution in [1.29, 1.82) is 0 Å². The minimum Gasteiger partial charge on any atom is -0.505 e. The van der Waals surface area contributed by atoms with Crippen molar-refractivity contribution >= 4 is 16.8 Å². The fourth-order valence-corrected chi connectivity index (χ4v) is 2.83. The van der Waals surface area contributed by atoms with Gasteiger partial charge in [0, 0.05) is 23.6 Å². The molecular weight excluding hydrogens is 319 g/mol. The molecule has 1 heterocycles. The zero-order valence-electron chi connectivity index (χ0n) is 13.9. The fraction of sp³-hybridized carbons (Fsp3) is 0.200. The number of hydrogen-bond acceptors (Lipinski definition) is 3. The maximum Gasteiger partial charge on any atom is 0.220 e. The second-order valence-electron chi connectivity index (χ2n) is 5.88. The Kier molecular flexibility index (Phi) is 4.93. The van der Waals surface area contributed by atoms with Crippen molar-refractivity contribution in [3.05, 3.63) is 71.7 Å². The van der Waals surface area contributed by atoms with Gasteiger partial charge in [0.05, 0.1) is 6.04 Å². The lowest BCUT2D eigenvalue weighted by Crippen LogP contribution is -2.29. The molecule has 1 amide bonds. The lowest BCUT2D eigenvalue weighted by atomic mass is 9.96. The van der Waals surface area contributed by atoms with Crippen molar-refractivity contribution in [3.63, 3.8) is 0 Å². The van der Waals surface area contributed by atoms with E-state index in [0.717, 1.165) is 5.39 Å². The Hall–Kier alpha value is -2.95. The van der Waals surface area contributed by atoms with Crippen LogP contribution in [0.25, 0.3) is 10.9 Å². The van der Waals surface area contributed by atoms with E-state index in [0.29, 0.717) is 29.5 Å². The molecule has 0 saturated carbocycles. The third kappa shape index (κ3) is 3.60. The number of aromatic hydroxyl groups is 1. The first-order valence-corrected chi connectivity index (χ1v) is 8.21. The second-order valence-corrected chi connectivity index (χ2v) is 5.88. The molecule has 3 rings (SSSR count). The van der Waals surface area contributed by atoms with Gasteiger partial charge in [-0.2, -0.15) is 0 Å². The number of carbonyl (C=O) groups excluding carboxylic acids is 1. The number of fused-ring (bicyclic) bond motifs is 1. The highest BCUT2D eigenvalue weighted by atomic mass is 19.1. The van der Waals surface area contributed by atoms with E-state index in [1.807, 2.05) is 19.1 Å². The van der Waals surface area contributed by atoms with Crippen molar-refractivity contribution < 1.29 is 14.3 Å². The molecule has 2 N–H and O–H groups in total. The molecular formula is C20H19FN2O2. The van der Waals surface area contributed by atoms with Crippen molar-refractivity contribution in [3.8, 4) is 5.75 Å². The summed E-state index contributed by atoms with van der Waals surface area (Å²) in [6.45, 7) is 1.92. The van der Waals surface area contributed by atoms with Gasteiger partial charge in [-0.25, -0.2) is 4.39 Å². The lowest BCUT2D eigenvalue weighted by molar-refractivity contribution is -0.121. The molecule has 5 heteroatoms. The smallest absolute Gasteiger partial charge is 0.220 e. The Balaban J connectivity index is 2.08. The molecule has 0 bridgehead atoms. The van der Waals surface area contributed by atoms with E-state index in [4.69, 9.17) is 0 Å². The van der Waals surface area contributed by atoms with Crippen LogP contribution in [0.3, 0.4) is 0 Å². The third-order valence-electron chi connectivity index (χ3n) is 4.08. The highest BCUT2D eigenvalue weighted by Gasteiger charge is 2.21. The Morgan fingerprint density at radius 3 is 2.68 bits per heavy atom. The molecule has 0 aliphatic heterocycles. The third-order valence-corrected chi connectivity index (χ3v) is 4.08. The predicted molar refractivity (Wildman–Crippen MR) is 94.7 cm³/mol. The molecule has 4 nitrogen and oxygen atoms in total. The number of rotatable bonds is 5. The van der Waals surface area contributed by atoms with E-state index in [-0.39, 0.29) is 17.5 Å². The zero-order valence-corrected chi connectivity index (χ0v) is 13.9. The number of nitrogens with zero attached hydrogens (tertiary/aromatic N) is 1.